The van der Waals surface area contributed by atoms with Crippen LogP contribution in [0.3, 0.4) is 0 Å². The molecule has 1 atom stereocenters. The lowest BCUT2D eigenvalue weighted by molar-refractivity contribution is -0.145. The molecule has 2 aromatic rings. The van der Waals surface area contributed by atoms with Gasteiger partial charge in [-0.3, -0.25) is 14.5 Å². The first-order valence-electron chi connectivity index (χ1n) is 10.3. The molecule has 8 heteroatoms. The van der Waals surface area contributed by atoms with Gasteiger partial charge in [0.2, 0.25) is 5.91 Å². The summed E-state index contributed by atoms with van der Waals surface area (Å²) in [6.07, 6.45) is 4.24. The van der Waals surface area contributed by atoms with E-state index < -0.39 is 0 Å². The number of ether oxygens (including phenoxy) is 1. The average Bonchev–Trinajstić information content (AvgIpc) is 3.28. The summed E-state index contributed by atoms with van der Waals surface area (Å²) in [5.74, 6) is 0.569. The van der Waals surface area contributed by atoms with Gasteiger partial charge in [0, 0.05) is 56.4 Å². The minimum Gasteiger partial charge on any atom is -0.469 e. The summed E-state index contributed by atoms with van der Waals surface area (Å²) in [4.78, 5) is 39.2. The van der Waals surface area contributed by atoms with Crippen LogP contribution in [0.2, 0.25) is 0 Å². The molecule has 4 rings (SSSR count). The van der Waals surface area contributed by atoms with E-state index in [-0.39, 0.29) is 17.8 Å². The van der Waals surface area contributed by atoms with Crippen LogP contribution in [0.4, 0.5) is 5.69 Å². The molecule has 30 heavy (non-hydrogen) atoms. The predicted molar refractivity (Wildman–Crippen MR) is 113 cm³/mol. The van der Waals surface area contributed by atoms with E-state index >= 15 is 0 Å². The van der Waals surface area contributed by atoms with E-state index in [1.54, 1.807) is 18.5 Å². The third kappa shape index (κ3) is 4.59. The highest BCUT2D eigenvalue weighted by atomic mass is 16.5. The van der Waals surface area contributed by atoms with Crippen LogP contribution >= 0.6 is 0 Å². The van der Waals surface area contributed by atoms with E-state index in [4.69, 9.17) is 4.74 Å². The number of methoxy groups -OCH3 is 1. The van der Waals surface area contributed by atoms with Crippen molar-refractivity contribution in [2.24, 2.45) is 5.92 Å². The molecule has 0 radical (unpaired) electrons. The van der Waals surface area contributed by atoms with Gasteiger partial charge >= 0.3 is 5.97 Å². The Kier molecular flexibility index (Phi) is 6.23. The number of aromatic nitrogens is 2. The Hall–Kier alpha value is -3.00. The fourth-order valence-electron chi connectivity index (χ4n) is 4.11. The molecule has 8 nitrogen and oxygen atoms in total. The number of likely N-dealkylation sites (tertiary alicyclic amines) is 1. The molecule has 0 saturated carbocycles. The van der Waals surface area contributed by atoms with Gasteiger partial charge in [-0.2, -0.15) is 0 Å². The normalized spacial score (nSPS) is 19.7. The van der Waals surface area contributed by atoms with E-state index in [1.165, 1.54) is 7.11 Å². The van der Waals surface area contributed by atoms with Crippen molar-refractivity contribution in [2.45, 2.75) is 6.42 Å². The van der Waals surface area contributed by atoms with Crippen LogP contribution in [-0.4, -0.2) is 84.6 Å². The zero-order chi connectivity index (χ0) is 20.9. The zero-order valence-electron chi connectivity index (χ0n) is 17.2. The van der Waals surface area contributed by atoms with Crippen LogP contribution in [0.1, 0.15) is 6.42 Å². The number of hydrogen-bond acceptors (Lipinski definition) is 7. The molecule has 1 aromatic heterocycles. The number of benzene rings is 1. The van der Waals surface area contributed by atoms with Gasteiger partial charge in [0.1, 0.15) is 0 Å². The Morgan fingerprint density at radius 2 is 1.73 bits per heavy atom. The monoisotopic (exact) mass is 409 g/mol. The Bertz CT molecular complexity index is 866. The molecule has 0 aliphatic carbocycles. The molecule has 1 unspecified atom stereocenters. The van der Waals surface area contributed by atoms with Crippen LogP contribution < -0.4 is 4.90 Å². The highest BCUT2D eigenvalue weighted by molar-refractivity contribution is 5.79. The van der Waals surface area contributed by atoms with Crippen molar-refractivity contribution in [2.75, 3.05) is 57.8 Å². The minimum atomic E-state index is -0.177. The van der Waals surface area contributed by atoms with E-state index in [2.05, 4.69) is 31.9 Å². The predicted octanol–water partition coefficient (Wildman–Crippen LogP) is 1.29. The second-order valence-electron chi connectivity index (χ2n) is 7.73. The summed E-state index contributed by atoms with van der Waals surface area (Å²) >= 11 is 0. The molecule has 0 bridgehead atoms. The van der Waals surface area contributed by atoms with Gasteiger partial charge in [0.25, 0.3) is 0 Å². The Balaban J connectivity index is 1.27. The van der Waals surface area contributed by atoms with E-state index in [0.29, 0.717) is 26.2 Å². The van der Waals surface area contributed by atoms with Gasteiger partial charge in [-0.25, -0.2) is 9.97 Å². The summed E-state index contributed by atoms with van der Waals surface area (Å²) in [5.41, 5.74) is 2.13. The summed E-state index contributed by atoms with van der Waals surface area (Å²) < 4.78 is 4.82. The molecule has 0 N–H and O–H groups in total. The Morgan fingerprint density at radius 3 is 2.40 bits per heavy atom. The third-order valence-electron chi connectivity index (χ3n) is 5.85. The molecular weight excluding hydrogens is 382 g/mol. The Labute approximate surface area is 176 Å². The van der Waals surface area contributed by atoms with Crippen LogP contribution in [0.25, 0.3) is 11.4 Å². The minimum absolute atomic E-state index is 0.107. The van der Waals surface area contributed by atoms with Crippen LogP contribution in [-0.2, 0) is 14.3 Å². The number of anilines is 1. The number of amides is 1. The maximum Gasteiger partial charge on any atom is 0.310 e. The maximum absolute atomic E-state index is 12.7. The van der Waals surface area contributed by atoms with E-state index in [0.717, 1.165) is 43.1 Å². The van der Waals surface area contributed by atoms with Crippen molar-refractivity contribution in [3.8, 4) is 11.4 Å². The van der Waals surface area contributed by atoms with Crippen molar-refractivity contribution >= 4 is 17.6 Å². The van der Waals surface area contributed by atoms with Crippen molar-refractivity contribution in [1.29, 1.82) is 0 Å². The smallest absolute Gasteiger partial charge is 0.310 e. The SMILES string of the molecule is COC(=O)C1CCN(CC(=O)N2CCN(c3ccc(-c4ncccn4)cc3)CC2)C1. The molecule has 2 aliphatic rings. The van der Waals surface area contributed by atoms with Gasteiger partial charge in [-0.05, 0) is 43.3 Å². The largest absolute Gasteiger partial charge is 0.469 e. The van der Waals surface area contributed by atoms with Crippen molar-refractivity contribution in [3.63, 3.8) is 0 Å². The van der Waals surface area contributed by atoms with Gasteiger partial charge in [-0.1, -0.05) is 0 Å². The summed E-state index contributed by atoms with van der Waals surface area (Å²) in [6.45, 7) is 4.76. The van der Waals surface area contributed by atoms with Crippen LogP contribution in [0.15, 0.2) is 42.7 Å². The first-order chi connectivity index (χ1) is 14.6. The number of carbonyl (C=O) groups is 2. The topological polar surface area (TPSA) is 78.9 Å². The lowest BCUT2D eigenvalue weighted by Crippen LogP contribution is -2.51. The maximum atomic E-state index is 12.7. The molecule has 1 amide bonds. The van der Waals surface area contributed by atoms with Gasteiger partial charge < -0.3 is 14.5 Å². The molecule has 2 aliphatic heterocycles. The number of piperazine rings is 1. The van der Waals surface area contributed by atoms with Crippen molar-refractivity contribution in [3.05, 3.63) is 42.7 Å². The second-order valence-corrected chi connectivity index (χ2v) is 7.73. The van der Waals surface area contributed by atoms with Gasteiger partial charge in [0.15, 0.2) is 5.82 Å². The molecule has 2 fully saturated rings. The fourth-order valence-corrected chi connectivity index (χ4v) is 4.11. The van der Waals surface area contributed by atoms with Gasteiger partial charge in [-0.15, -0.1) is 0 Å². The summed E-state index contributed by atoms with van der Waals surface area (Å²) in [5, 5.41) is 0. The highest BCUT2D eigenvalue weighted by Crippen LogP contribution is 2.22. The molecule has 158 valence electrons. The van der Waals surface area contributed by atoms with Crippen LogP contribution in [0, 0.1) is 5.92 Å². The third-order valence-corrected chi connectivity index (χ3v) is 5.85. The number of carbonyl (C=O) groups excluding carboxylic acids is 2. The quantitative estimate of drug-likeness (QED) is 0.689. The molecule has 2 saturated heterocycles. The van der Waals surface area contributed by atoms with Crippen LogP contribution in [0.5, 0.6) is 0 Å². The molecule has 0 spiro atoms. The first-order valence-corrected chi connectivity index (χ1v) is 10.3. The molecular formula is C22H27N5O3. The first kappa shape index (κ1) is 20.3. The van der Waals surface area contributed by atoms with Crippen molar-refractivity contribution in [1.82, 2.24) is 19.8 Å². The molecule has 1 aromatic carbocycles. The van der Waals surface area contributed by atoms with E-state index in [9.17, 15) is 9.59 Å². The second kappa shape index (κ2) is 9.21. The average molecular weight is 409 g/mol. The number of nitrogens with zero attached hydrogens (tertiary/aromatic N) is 5. The number of hydrogen-bond donors (Lipinski definition) is 0. The van der Waals surface area contributed by atoms with Gasteiger partial charge in [0.05, 0.1) is 19.6 Å². The molecule has 3 heterocycles. The fraction of sp³-hybridized carbons (Fsp3) is 0.455. The summed E-state index contributed by atoms with van der Waals surface area (Å²) in [7, 11) is 1.42. The number of esters is 1. The van der Waals surface area contributed by atoms with E-state index in [1.807, 2.05) is 17.0 Å². The zero-order valence-corrected chi connectivity index (χ0v) is 17.2. The Morgan fingerprint density at radius 1 is 1.03 bits per heavy atom. The lowest BCUT2D eigenvalue weighted by Gasteiger charge is -2.36. The summed E-state index contributed by atoms with van der Waals surface area (Å²) in [6, 6.07) is 10.0. The number of rotatable bonds is 5. The highest BCUT2D eigenvalue weighted by Gasteiger charge is 2.31. The van der Waals surface area contributed by atoms with Crippen molar-refractivity contribution < 1.29 is 14.3 Å². The standard InChI is InChI=1S/C22H27N5O3/c1-30-22(29)18-7-10-25(15-18)16-20(28)27-13-11-26(12-14-27)19-5-3-17(4-6-19)21-23-8-2-9-24-21/h2-6,8-9,18H,7,10-16H2,1H3. The lowest BCUT2D eigenvalue weighted by atomic mass is 10.1.